The molecule has 0 bridgehead atoms. The van der Waals surface area contributed by atoms with Gasteiger partial charge < -0.3 is 15.2 Å². The average Bonchev–Trinajstić information content (AvgIpc) is 2.70. The summed E-state index contributed by atoms with van der Waals surface area (Å²) >= 11 is 0. The summed E-state index contributed by atoms with van der Waals surface area (Å²) in [6.45, 7) is 4.28. The van der Waals surface area contributed by atoms with Crippen molar-refractivity contribution in [1.29, 1.82) is 5.26 Å². The number of aliphatic hydroxyl groups excluding tert-OH is 1. The molecule has 1 aliphatic rings. The van der Waals surface area contributed by atoms with Crippen molar-refractivity contribution in [3.63, 3.8) is 0 Å². The number of ether oxygens (including phenoxy) is 1. The Hall–Kier alpha value is -2.53. The third-order valence-corrected chi connectivity index (χ3v) is 4.91. The van der Waals surface area contributed by atoms with Crippen LogP contribution in [-0.4, -0.2) is 57.9 Å². The highest BCUT2D eigenvalue weighted by Gasteiger charge is 2.42. The van der Waals surface area contributed by atoms with Crippen molar-refractivity contribution in [2.75, 3.05) is 31.7 Å². The molecule has 2 aromatic rings. The molecule has 7 nitrogen and oxygen atoms in total. The van der Waals surface area contributed by atoms with Crippen LogP contribution in [-0.2, 0) is 17.7 Å². The SMILES string of the molecule is C[C@@H]1COC[C@@](CO)(CNc2nccc(CC#N)n2)N1Cc1ccccc1. The molecule has 27 heavy (non-hydrogen) atoms. The van der Waals surface area contributed by atoms with Gasteiger partial charge in [-0.05, 0) is 18.6 Å². The lowest BCUT2D eigenvalue weighted by Crippen LogP contribution is -2.65. The second-order valence-corrected chi connectivity index (χ2v) is 6.92. The van der Waals surface area contributed by atoms with Gasteiger partial charge in [0.1, 0.15) is 0 Å². The first-order valence-corrected chi connectivity index (χ1v) is 9.09. The summed E-state index contributed by atoms with van der Waals surface area (Å²) in [4.78, 5) is 10.9. The van der Waals surface area contributed by atoms with Crippen LogP contribution < -0.4 is 5.32 Å². The van der Waals surface area contributed by atoms with E-state index in [1.807, 2.05) is 18.2 Å². The molecule has 0 radical (unpaired) electrons. The van der Waals surface area contributed by atoms with Gasteiger partial charge in [0.15, 0.2) is 0 Å². The maximum absolute atomic E-state index is 10.3. The lowest BCUT2D eigenvalue weighted by molar-refractivity contribution is -0.117. The smallest absolute Gasteiger partial charge is 0.222 e. The van der Waals surface area contributed by atoms with Crippen molar-refractivity contribution in [3.8, 4) is 6.07 Å². The Morgan fingerprint density at radius 3 is 2.93 bits per heavy atom. The molecule has 3 rings (SSSR count). The standard InChI is InChI=1S/C20H25N5O2/c1-16-12-27-15-20(14-26,25(16)11-17-5-3-2-4-6-17)13-23-19-22-10-8-18(24-19)7-9-21/h2-6,8,10,16,26H,7,11-15H2,1H3,(H,22,23,24)/t16-,20+/m1/s1. The third-order valence-electron chi connectivity index (χ3n) is 4.91. The Labute approximate surface area is 159 Å². The fraction of sp³-hybridized carbons (Fsp3) is 0.450. The maximum atomic E-state index is 10.3. The molecule has 1 aromatic carbocycles. The van der Waals surface area contributed by atoms with Gasteiger partial charge in [0, 0.05) is 25.3 Å². The molecule has 1 aromatic heterocycles. The number of aromatic nitrogens is 2. The van der Waals surface area contributed by atoms with Gasteiger partial charge in [-0.2, -0.15) is 5.26 Å². The Kier molecular flexibility index (Phi) is 6.35. The van der Waals surface area contributed by atoms with Gasteiger partial charge in [-0.15, -0.1) is 0 Å². The van der Waals surface area contributed by atoms with E-state index in [0.29, 0.717) is 31.4 Å². The van der Waals surface area contributed by atoms with Crippen LogP contribution in [0.1, 0.15) is 18.2 Å². The molecule has 0 saturated carbocycles. The topological polar surface area (TPSA) is 94.3 Å². The van der Waals surface area contributed by atoms with Gasteiger partial charge in [-0.3, -0.25) is 4.90 Å². The van der Waals surface area contributed by atoms with Gasteiger partial charge in [0.25, 0.3) is 0 Å². The van der Waals surface area contributed by atoms with Crippen LogP contribution in [0.5, 0.6) is 0 Å². The number of benzene rings is 1. The van der Waals surface area contributed by atoms with E-state index in [9.17, 15) is 5.11 Å². The second kappa shape index (κ2) is 8.91. The van der Waals surface area contributed by atoms with Crippen LogP contribution in [0.2, 0.25) is 0 Å². The summed E-state index contributed by atoms with van der Waals surface area (Å²) in [6.07, 6.45) is 1.87. The quantitative estimate of drug-likeness (QED) is 0.768. The summed E-state index contributed by atoms with van der Waals surface area (Å²) in [6, 6.07) is 14.2. The number of morpholine rings is 1. The molecule has 0 spiro atoms. The average molecular weight is 367 g/mol. The number of hydrogen-bond donors (Lipinski definition) is 2. The normalized spacial score (nSPS) is 22.9. The van der Waals surface area contributed by atoms with Crippen LogP contribution in [0.25, 0.3) is 0 Å². The van der Waals surface area contributed by atoms with E-state index in [2.05, 4.69) is 45.3 Å². The minimum absolute atomic E-state index is 0.0466. The lowest BCUT2D eigenvalue weighted by atomic mass is 9.94. The highest BCUT2D eigenvalue weighted by Crippen LogP contribution is 2.27. The summed E-state index contributed by atoms with van der Waals surface area (Å²) < 4.78 is 5.78. The first-order valence-electron chi connectivity index (χ1n) is 9.09. The molecule has 1 saturated heterocycles. The van der Waals surface area contributed by atoms with Crippen LogP contribution in [0.4, 0.5) is 5.95 Å². The molecule has 0 aliphatic carbocycles. The van der Waals surface area contributed by atoms with Crippen LogP contribution >= 0.6 is 0 Å². The molecule has 142 valence electrons. The first kappa shape index (κ1) is 19.2. The van der Waals surface area contributed by atoms with E-state index in [1.54, 1.807) is 12.3 Å². The second-order valence-electron chi connectivity index (χ2n) is 6.92. The zero-order valence-electron chi connectivity index (χ0n) is 15.5. The number of rotatable bonds is 7. The molecule has 0 unspecified atom stereocenters. The van der Waals surface area contributed by atoms with Crippen molar-refractivity contribution < 1.29 is 9.84 Å². The molecular formula is C20H25N5O2. The Morgan fingerprint density at radius 2 is 2.19 bits per heavy atom. The molecule has 0 amide bonds. The Balaban J connectivity index is 1.77. The molecule has 7 heteroatoms. The van der Waals surface area contributed by atoms with Crippen molar-refractivity contribution >= 4 is 5.95 Å². The fourth-order valence-corrected chi connectivity index (χ4v) is 3.41. The molecule has 1 aliphatic heterocycles. The van der Waals surface area contributed by atoms with Crippen molar-refractivity contribution in [2.45, 2.75) is 31.5 Å². The summed E-state index contributed by atoms with van der Waals surface area (Å²) in [7, 11) is 0. The largest absolute Gasteiger partial charge is 0.394 e. The van der Waals surface area contributed by atoms with Gasteiger partial charge in [0.2, 0.25) is 5.95 Å². The summed E-state index contributed by atoms with van der Waals surface area (Å²) in [5.74, 6) is 0.452. The number of aliphatic hydroxyl groups is 1. The number of nitrogens with zero attached hydrogens (tertiary/aromatic N) is 4. The van der Waals surface area contributed by atoms with Gasteiger partial charge >= 0.3 is 0 Å². The Morgan fingerprint density at radius 1 is 1.37 bits per heavy atom. The minimum Gasteiger partial charge on any atom is -0.394 e. The van der Waals surface area contributed by atoms with Gasteiger partial charge in [-0.1, -0.05) is 30.3 Å². The Bertz CT molecular complexity index is 779. The third kappa shape index (κ3) is 4.61. The summed E-state index contributed by atoms with van der Waals surface area (Å²) in [5.41, 5.74) is 1.28. The lowest BCUT2D eigenvalue weighted by Gasteiger charge is -2.49. The van der Waals surface area contributed by atoms with Gasteiger partial charge in [0.05, 0.1) is 43.5 Å². The van der Waals surface area contributed by atoms with Crippen LogP contribution in [0.3, 0.4) is 0 Å². The molecule has 2 atom stereocenters. The van der Waals surface area contributed by atoms with E-state index in [0.717, 1.165) is 6.54 Å². The van der Waals surface area contributed by atoms with E-state index in [-0.39, 0.29) is 19.1 Å². The maximum Gasteiger partial charge on any atom is 0.222 e. The highest BCUT2D eigenvalue weighted by atomic mass is 16.5. The molecule has 2 N–H and O–H groups in total. The molecule has 2 heterocycles. The first-order chi connectivity index (χ1) is 13.2. The van der Waals surface area contributed by atoms with Crippen LogP contribution in [0.15, 0.2) is 42.6 Å². The minimum atomic E-state index is -0.581. The fourth-order valence-electron chi connectivity index (χ4n) is 3.41. The zero-order valence-corrected chi connectivity index (χ0v) is 15.5. The highest BCUT2D eigenvalue weighted by molar-refractivity contribution is 5.28. The number of hydrogen-bond acceptors (Lipinski definition) is 7. The number of anilines is 1. The zero-order chi connectivity index (χ0) is 19.1. The van der Waals surface area contributed by atoms with Crippen molar-refractivity contribution in [2.24, 2.45) is 0 Å². The number of nitriles is 1. The van der Waals surface area contributed by atoms with Crippen molar-refractivity contribution in [3.05, 3.63) is 53.9 Å². The summed E-state index contributed by atoms with van der Waals surface area (Å²) in [5, 5.41) is 22.3. The van der Waals surface area contributed by atoms with Crippen molar-refractivity contribution in [1.82, 2.24) is 14.9 Å². The van der Waals surface area contributed by atoms with E-state index < -0.39 is 5.54 Å². The monoisotopic (exact) mass is 367 g/mol. The van der Waals surface area contributed by atoms with E-state index in [4.69, 9.17) is 10.00 Å². The van der Waals surface area contributed by atoms with E-state index >= 15 is 0 Å². The van der Waals surface area contributed by atoms with E-state index in [1.165, 1.54) is 5.56 Å². The van der Waals surface area contributed by atoms with Gasteiger partial charge in [-0.25, -0.2) is 9.97 Å². The predicted molar refractivity (Wildman–Crippen MR) is 102 cm³/mol. The van der Waals surface area contributed by atoms with Crippen LogP contribution in [0, 0.1) is 11.3 Å². The number of nitrogens with one attached hydrogen (secondary N) is 1. The molecular weight excluding hydrogens is 342 g/mol. The predicted octanol–water partition coefficient (Wildman–Crippen LogP) is 1.61. The molecule has 1 fully saturated rings.